The number of nitrogens with zero attached hydrogens (tertiary/aromatic N) is 1. The lowest BCUT2D eigenvalue weighted by molar-refractivity contribution is -0.192. The molecule has 204 valence electrons. The molecule has 3 aromatic rings. The molecular weight excluding hydrogens is 545 g/mol. The number of halogens is 3. The van der Waals surface area contributed by atoms with Crippen molar-refractivity contribution >= 4 is 44.7 Å². The van der Waals surface area contributed by atoms with Crippen LogP contribution >= 0.6 is 11.3 Å². The van der Waals surface area contributed by atoms with Crippen molar-refractivity contribution in [1.29, 1.82) is 0 Å². The number of rotatable bonds is 7. The molecule has 4 rings (SSSR count). The molecule has 1 aliphatic rings. The molecule has 8 nitrogen and oxygen atoms in total. The zero-order valence-electron chi connectivity index (χ0n) is 19.9. The van der Waals surface area contributed by atoms with E-state index in [2.05, 4.69) is 33.9 Å². The molecule has 1 fully saturated rings. The molecule has 1 aliphatic heterocycles. The Labute approximate surface area is 221 Å². The van der Waals surface area contributed by atoms with Crippen LogP contribution in [0.4, 0.5) is 24.5 Å². The first kappa shape index (κ1) is 29.0. The highest BCUT2D eigenvalue weighted by molar-refractivity contribution is 7.94. The third-order valence-electron chi connectivity index (χ3n) is 5.80. The van der Waals surface area contributed by atoms with Crippen LogP contribution in [0.3, 0.4) is 0 Å². The number of piperidine rings is 1. The van der Waals surface area contributed by atoms with Crippen LogP contribution < -0.4 is 9.62 Å². The fourth-order valence-corrected chi connectivity index (χ4v) is 6.04. The Morgan fingerprint density at radius 3 is 2.16 bits per heavy atom. The summed E-state index contributed by atoms with van der Waals surface area (Å²) in [4.78, 5) is 22.9. The van der Waals surface area contributed by atoms with Crippen molar-refractivity contribution in [3.8, 4) is 0 Å². The van der Waals surface area contributed by atoms with Crippen LogP contribution in [0.25, 0.3) is 0 Å². The summed E-state index contributed by atoms with van der Waals surface area (Å²) < 4.78 is 59.3. The van der Waals surface area contributed by atoms with Gasteiger partial charge in [-0.3, -0.25) is 4.72 Å². The van der Waals surface area contributed by atoms with Crippen LogP contribution in [0.2, 0.25) is 0 Å². The number of anilines is 2. The molecule has 0 unspecified atom stereocenters. The highest BCUT2D eigenvalue weighted by atomic mass is 32.2. The maximum absolute atomic E-state index is 12.5. The lowest BCUT2D eigenvalue weighted by Crippen LogP contribution is -2.35. The Morgan fingerprint density at radius 2 is 1.63 bits per heavy atom. The maximum atomic E-state index is 12.5. The van der Waals surface area contributed by atoms with Gasteiger partial charge in [-0.05, 0) is 60.4 Å². The number of carboxylic acids is 2. The average Bonchev–Trinajstić information content (AvgIpc) is 3.41. The Bertz CT molecular complexity index is 1340. The molecule has 0 amide bonds. The van der Waals surface area contributed by atoms with Crippen molar-refractivity contribution in [1.82, 2.24) is 0 Å². The van der Waals surface area contributed by atoms with Crippen LogP contribution in [-0.4, -0.2) is 49.8 Å². The monoisotopic (exact) mass is 570 g/mol. The molecule has 0 saturated carbocycles. The van der Waals surface area contributed by atoms with E-state index in [1.807, 2.05) is 6.07 Å². The van der Waals surface area contributed by atoms with Gasteiger partial charge in [-0.1, -0.05) is 36.4 Å². The fourth-order valence-electron chi connectivity index (χ4n) is 3.99. The van der Waals surface area contributed by atoms with Crippen molar-refractivity contribution < 1.29 is 41.4 Å². The van der Waals surface area contributed by atoms with Crippen molar-refractivity contribution in [3.05, 3.63) is 77.2 Å². The normalized spacial score (nSPS) is 14.3. The number of nitrogens with one attached hydrogen (secondary N) is 1. The SMILES string of the molecule is O=C(O)C(F)(F)F.O=C(O)c1cc(NS(=O)(=O)c2cccs2)ccc1N1CCC(Cc2ccccc2)CC1. The smallest absolute Gasteiger partial charge is 0.478 e. The van der Waals surface area contributed by atoms with Gasteiger partial charge < -0.3 is 15.1 Å². The van der Waals surface area contributed by atoms with Gasteiger partial charge >= 0.3 is 18.1 Å². The summed E-state index contributed by atoms with van der Waals surface area (Å²) in [6.45, 7) is 1.55. The van der Waals surface area contributed by atoms with Gasteiger partial charge in [-0.2, -0.15) is 13.2 Å². The molecule has 0 bridgehead atoms. The molecule has 2 aromatic carbocycles. The van der Waals surface area contributed by atoms with E-state index in [0.29, 0.717) is 11.6 Å². The summed E-state index contributed by atoms with van der Waals surface area (Å²) in [6.07, 6.45) is -2.08. The van der Waals surface area contributed by atoms with E-state index in [1.165, 1.54) is 17.7 Å². The van der Waals surface area contributed by atoms with Crippen molar-refractivity contribution in [2.45, 2.75) is 29.6 Å². The van der Waals surface area contributed by atoms with Gasteiger partial charge in [0.25, 0.3) is 10.0 Å². The standard InChI is InChI=1S/C23H24N2O4S2.C2HF3O2/c26-23(27)20-16-19(24-31(28,29)22-7-4-14-30-22)8-9-21(20)25-12-10-18(11-13-25)15-17-5-2-1-3-6-17;3-2(4,5)1(6)7/h1-9,14,16,18,24H,10-13,15H2,(H,26,27);(H,6,7). The quantitative estimate of drug-likeness (QED) is 0.350. The number of benzene rings is 2. The maximum Gasteiger partial charge on any atom is 0.490 e. The van der Waals surface area contributed by atoms with Crippen LogP contribution in [0, 0.1) is 5.92 Å². The average molecular weight is 571 g/mol. The predicted molar refractivity (Wildman–Crippen MR) is 137 cm³/mol. The van der Waals surface area contributed by atoms with E-state index >= 15 is 0 Å². The van der Waals surface area contributed by atoms with Crippen LogP contribution in [0.1, 0.15) is 28.8 Å². The number of hydrogen-bond donors (Lipinski definition) is 3. The molecule has 0 spiro atoms. The molecule has 2 heterocycles. The first-order valence-corrected chi connectivity index (χ1v) is 13.8. The number of sulfonamides is 1. The molecule has 0 aliphatic carbocycles. The lowest BCUT2D eigenvalue weighted by atomic mass is 9.90. The second kappa shape index (κ2) is 12.3. The summed E-state index contributed by atoms with van der Waals surface area (Å²) in [7, 11) is -3.73. The second-order valence-electron chi connectivity index (χ2n) is 8.50. The molecule has 3 N–H and O–H groups in total. The van der Waals surface area contributed by atoms with Gasteiger partial charge in [0.05, 0.1) is 11.3 Å². The van der Waals surface area contributed by atoms with E-state index < -0.39 is 28.1 Å². The van der Waals surface area contributed by atoms with Gasteiger partial charge in [0.1, 0.15) is 4.21 Å². The van der Waals surface area contributed by atoms with Crippen molar-refractivity contribution in [2.24, 2.45) is 5.92 Å². The van der Waals surface area contributed by atoms with Crippen molar-refractivity contribution in [3.63, 3.8) is 0 Å². The Morgan fingerprint density at radius 1 is 1.00 bits per heavy atom. The molecule has 38 heavy (non-hydrogen) atoms. The van der Waals surface area contributed by atoms with E-state index in [4.69, 9.17) is 9.90 Å². The zero-order chi connectivity index (χ0) is 27.9. The molecule has 13 heteroatoms. The van der Waals surface area contributed by atoms with E-state index in [0.717, 1.165) is 43.7 Å². The Balaban J connectivity index is 0.000000505. The van der Waals surface area contributed by atoms with Crippen molar-refractivity contribution in [2.75, 3.05) is 22.7 Å². The number of carbonyl (C=O) groups is 2. The second-order valence-corrected chi connectivity index (χ2v) is 11.4. The Hall–Kier alpha value is -3.58. The van der Waals surface area contributed by atoms with Gasteiger partial charge in [-0.25, -0.2) is 18.0 Å². The number of aliphatic carboxylic acids is 1. The minimum Gasteiger partial charge on any atom is -0.478 e. The van der Waals surface area contributed by atoms with Gasteiger partial charge in [0, 0.05) is 18.8 Å². The van der Waals surface area contributed by atoms with E-state index in [1.54, 1.807) is 23.6 Å². The van der Waals surface area contributed by atoms with Crippen LogP contribution in [0.15, 0.2) is 70.3 Å². The highest BCUT2D eigenvalue weighted by Crippen LogP contribution is 2.31. The number of thiophene rings is 1. The predicted octanol–water partition coefficient (Wildman–Crippen LogP) is 5.34. The number of aromatic carboxylic acids is 1. The summed E-state index contributed by atoms with van der Waals surface area (Å²) in [6, 6.07) is 18.3. The summed E-state index contributed by atoms with van der Waals surface area (Å²) in [5.74, 6) is -3.25. The van der Waals surface area contributed by atoms with Gasteiger partial charge in [0.15, 0.2) is 0 Å². The first-order valence-electron chi connectivity index (χ1n) is 11.4. The summed E-state index contributed by atoms with van der Waals surface area (Å²) >= 11 is 1.11. The lowest BCUT2D eigenvalue weighted by Gasteiger charge is -2.34. The first-order chi connectivity index (χ1) is 17.9. The molecule has 0 atom stereocenters. The van der Waals surface area contributed by atoms with Gasteiger partial charge in [-0.15, -0.1) is 11.3 Å². The largest absolute Gasteiger partial charge is 0.490 e. The van der Waals surface area contributed by atoms with Crippen LogP contribution in [-0.2, 0) is 21.2 Å². The fraction of sp³-hybridized carbons (Fsp3) is 0.280. The molecule has 1 saturated heterocycles. The van der Waals surface area contributed by atoms with E-state index in [9.17, 15) is 31.5 Å². The highest BCUT2D eigenvalue weighted by Gasteiger charge is 2.38. The third-order valence-corrected chi connectivity index (χ3v) is 8.58. The topological polar surface area (TPSA) is 124 Å². The summed E-state index contributed by atoms with van der Waals surface area (Å²) in [5, 5.41) is 18.6. The van der Waals surface area contributed by atoms with E-state index in [-0.39, 0.29) is 15.5 Å². The molecule has 0 radical (unpaired) electrons. The third kappa shape index (κ3) is 7.96. The molecular formula is C25H25F3N2O6S2. The number of alkyl halides is 3. The van der Waals surface area contributed by atoms with Gasteiger partial charge in [0.2, 0.25) is 0 Å². The number of carboxylic acid groups (broad SMARTS) is 2. The zero-order valence-corrected chi connectivity index (χ0v) is 21.5. The van der Waals surface area contributed by atoms with Crippen LogP contribution in [0.5, 0.6) is 0 Å². The minimum atomic E-state index is -5.08. The molecule has 1 aromatic heterocycles. The number of hydrogen-bond acceptors (Lipinski definition) is 6. The minimum absolute atomic E-state index is 0.105. The Kier molecular flexibility index (Phi) is 9.39. The summed E-state index contributed by atoms with van der Waals surface area (Å²) in [5.41, 5.74) is 2.31.